The summed E-state index contributed by atoms with van der Waals surface area (Å²) < 4.78 is 38.1. The van der Waals surface area contributed by atoms with Gasteiger partial charge in [-0.1, -0.05) is 22.9 Å². The van der Waals surface area contributed by atoms with E-state index >= 15 is 0 Å². The fourth-order valence-corrected chi connectivity index (χ4v) is 3.61. The lowest BCUT2D eigenvalue weighted by Crippen LogP contribution is -2.38. The normalized spacial score (nSPS) is 16.0. The number of hydrogen-bond donors (Lipinski definition) is 1. The number of amides is 1. The van der Waals surface area contributed by atoms with Gasteiger partial charge in [0.1, 0.15) is 10.8 Å². The third-order valence-electron chi connectivity index (χ3n) is 4.07. The molecular formula is C15H15ClF3N5OS. The van der Waals surface area contributed by atoms with Crippen LogP contribution in [0.2, 0.25) is 5.02 Å². The van der Waals surface area contributed by atoms with Crippen LogP contribution in [0.5, 0.6) is 0 Å². The fourth-order valence-electron chi connectivity index (χ4n) is 2.73. The number of hydrogen-bond acceptors (Lipinski definition) is 6. The number of carbonyl (C=O) groups is 1. The van der Waals surface area contributed by atoms with E-state index in [1.807, 2.05) is 0 Å². The molecule has 140 valence electrons. The van der Waals surface area contributed by atoms with Crippen LogP contribution < -0.4 is 10.2 Å². The molecule has 0 aromatic carbocycles. The Kier molecular flexibility index (Phi) is 5.33. The molecule has 3 rings (SSSR count). The molecule has 0 aliphatic carbocycles. The summed E-state index contributed by atoms with van der Waals surface area (Å²) in [6, 6.07) is 0.875. The Hall–Kier alpha value is -1.94. The van der Waals surface area contributed by atoms with E-state index in [-0.39, 0.29) is 16.8 Å². The van der Waals surface area contributed by atoms with Crippen molar-refractivity contribution in [2.24, 2.45) is 5.92 Å². The van der Waals surface area contributed by atoms with Gasteiger partial charge >= 0.3 is 6.18 Å². The number of alkyl halides is 3. The Labute approximate surface area is 156 Å². The van der Waals surface area contributed by atoms with Crippen molar-refractivity contribution in [2.75, 3.05) is 23.3 Å². The van der Waals surface area contributed by atoms with E-state index in [0.29, 0.717) is 36.9 Å². The predicted octanol–water partition coefficient (Wildman–Crippen LogP) is 3.77. The molecular weight excluding hydrogens is 391 g/mol. The molecule has 1 N–H and O–H groups in total. The highest BCUT2D eigenvalue weighted by atomic mass is 35.5. The third kappa shape index (κ3) is 4.24. The summed E-state index contributed by atoms with van der Waals surface area (Å²) in [7, 11) is 0. The van der Waals surface area contributed by atoms with Crippen molar-refractivity contribution in [3.05, 3.63) is 27.9 Å². The molecule has 1 fully saturated rings. The van der Waals surface area contributed by atoms with Gasteiger partial charge in [-0.15, -0.1) is 10.2 Å². The van der Waals surface area contributed by atoms with Crippen LogP contribution in [-0.2, 0) is 11.0 Å². The van der Waals surface area contributed by atoms with E-state index in [1.54, 1.807) is 11.8 Å². The zero-order valence-corrected chi connectivity index (χ0v) is 15.3. The zero-order chi connectivity index (χ0) is 18.9. The molecule has 3 heterocycles. The lowest BCUT2D eigenvalue weighted by molar-refractivity contribution is -0.137. The number of halogens is 4. The first-order valence-electron chi connectivity index (χ1n) is 7.82. The Morgan fingerprint density at radius 2 is 2.04 bits per heavy atom. The molecule has 1 saturated heterocycles. The average molecular weight is 406 g/mol. The Bertz CT molecular complexity index is 805. The Morgan fingerprint density at radius 3 is 2.58 bits per heavy atom. The highest BCUT2D eigenvalue weighted by Gasteiger charge is 2.33. The molecule has 11 heteroatoms. The zero-order valence-electron chi connectivity index (χ0n) is 13.7. The van der Waals surface area contributed by atoms with Crippen molar-refractivity contribution < 1.29 is 18.0 Å². The highest BCUT2D eigenvalue weighted by Crippen LogP contribution is 2.34. The van der Waals surface area contributed by atoms with Gasteiger partial charge in [0.15, 0.2) is 0 Å². The molecule has 2 aromatic rings. The molecule has 0 atom stereocenters. The number of piperidine rings is 1. The van der Waals surface area contributed by atoms with Crippen molar-refractivity contribution in [2.45, 2.75) is 25.9 Å². The lowest BCUT2D eigenvalue weighted by Gasteiger charge is -2.32. The van der Waals surface area contributed by atoms with E-state index < -0.39 is 11.7 Å². The molecule has 0 spiro atoms. The fraction of sp³-hybridized carbons (Fsp3) is 0.467. The molecule has 1 aliphatic rings. The molecule has 26 heavy (non-hydrogen) atoms. The van der Waals surface area contributed by atoms with E-state index in [0.717, 1.165) is 17.3 Å². The van der Waals surface area contributed by atoms with Gasteiger partial charge < -0.3 is 10.2 Å². The van der Waals surface area contributed by atoms with E-state index in [4.69, 9.17) is 11.6 Å². The first-order valence-corrected chi connectivity index (χ1v) is 9.02. The highest BCUT2D eigenvalue weighted by molar-refractivity contribution is 7.15. The maximum Gasteiger partial charge on any atom is 0.417 e. The predicted molar refractivity (Wildman–Crippen MR) is 92.5 cm³/mol. The van der Waals surface area contributed by atoms with Crippen LogP contribution >= 0.6 is 22.9 Å². The third-order valence-corrected chi connectivity index (χ3v) is 5.10. The van der Waals surface area contributed by atoms with Crippen LogP contribution in [-0.4, -0.2) is 34.2 Å². The second-order valence-corrected chi connectivity index (χ2v) is 7.49. The number of rotatable bonds is 3. The second-order valence-electron chi connectivity index (χ2n) is 5.90. The van der Waals surface area contributed by atoms with Crippen molar-refractivity contribution in [1.82, 2.24) is 15.2 Å². The monoisotopic (exact) mass is 405 g/mol. The number of nitrogens with one attached hydrogen (secondary N) is 1. The topological polar surface area (TPSA) is 71.0 Å². The molecule has 1 amide bonds. The van der Waals surface area contributed by atoms with Crippen LogP contribution in [0.1, 0.15) is 23.4 Å². The van der Waals surface area contributed by atoms with Gasteiger partial charge in [0.25, 0.3) is 0 Å². The molecule has 1 aliphatic heterocycles. The average Bonchev–Trinajstić information content (AvgIpc) is 2.99. The SMILES string of the molecule is Cc1nnc(NC(=O)C2CCN(c3ncc(C(F)(F)F)cc3Cl)CC2)s1. The van der Waals surface area contributed by atoms with Gasteiger partial charge in [-0.25, -0.2) is 4.98 Å². The molecule has 0 saturated carbocycles. The lowest BCUT2D eigenvalue weighted by atomic mass is 9.96. The summed E-state index contributed by atoms with van der Waals surface area (Å²) in [5.74, 6) is -0.0331. The number of nitrogens with zero attached hydrogens (tertiary/aromatic N) is 4. The van der Waals surface area contributed by atoms with Crippen molar-refractivity contribution in [3.8, 4) is 0 Å². The number of carbonyl (C=O) groups excluding carboxylic acids is 1. The summed E-state index contributed by atoms with van der Waals surface area (Å²) in [5.41, 5.74) is -0.882. The molecule has 6 nitrogen and oxygen atoms in total. The van der Waals surface area contributed by atoms with Gasteiger partial charge in [-0.2, -0.15) is 13.2 Å². The maximum absolute atomic E-state index is 12.7. The minimum absolute atomic E-state index is 0.0490. The smallest absolute Gasteiger partial charge is 0.355 e. The first kappa shape index (κ1) is 18.8. The van der Waals surface area contributed by atoms with Crippen molar-refractivity contribution in [1.29, 1.82) is 0 Å². The molecule has 0 radical (unpaired) electrons. The Balaban J connectivity index is 1.60. The van der Waals surface area contributed by atoms with Gasteiger partial charge in [0.2, 0.25) is 11.0 Å². The number of pyridine rings is 1. The van der Waals surface area contributed by atoms with Crippen LogP contribution in [0.3, 0.4) is 0 Å². The van der Waals surface area contributed by atoms with Crippen molar-refractivity contribution in [3.63, 3.8) is 0 Å². The van der Waals surface area contributed by atoms with Gasteiger partial charge in [-0.3, -0.25) is 4.79 Å². The number of aromatic nitrogens is 3. The molecule has 0 unspecified atom stereocenters. The molecule has 2 aromatic heterocycles. The maximum atomic E-state index is 12.7. The summed E-state index contributed by atoms with van der Waals surface area (Å²) >= 11 is 7.28. The Morgan fingerprint density at radius 1 is 1.35 bits per heavy atom. The van der Waals surface area contributed by atoms with E-state index in [1.165, 1.54) is 11.3 Å². The summed E-state index contributed by atoms with van der Waals surface area (Å²) in [6.45, 7) is 2.75. The molecule has 0 bridgehead atoms. The van der Waals surface area contributed by atoms with Crippen LogP contribution in [0.15, 0.2) is 12.3 Å². The standard InChI is InChI=1S/C15H15ClF3N5OS/c1-8-22-23-14(26-8)21-13(25)9-2-4-24(5-3-9)12-11(16)6-10(7-20-12)15(17,18)19/h6-7,9H,2-5H2,1H3,(H,21,23,25). The van der Waals surface area contributed by atoms with Crippen LogP contribution in [0.4, 0.5) is 24.1 Å². The summed E-state index contributed by atoms with van der Waals surface area (Å²) in [4.78, 5) is 17.9. The van der Waals surface area contributed by atoms with E-state index in [9.17, 15) is 18.0 Å². The van der Waals surface area contributed by atoms with Gasteiger partial charge in [0.05, 0.1) is 10.6 Å². The first-order chi connectivity index (χ1) is 12.2. The van der Waals surface area contributed by atoms with Crippen LogP contribution in [0, 0.1) is 12.8 Å². The quantitative estimate of drug-likeness (QED) is 0.841. The second kappa shape index (κ2) is 7.36. The minimum Gasteiger partial charge on any atom is -0.355 e. The largest absolute Gasteiger partial charge is 0.417 e. The number of aryl methyl sites for hydroxylation is 1. The minimum atomic E-state index is -4.48. The van der Waals surface area contributed by atoms with Crippen molar-refractivity contribution >= 4 is 39.8 Å². The number of anilines is 2. The van der Waals surface area contributed by atoms with Gasteiger partial charge in [-0.05, 0) is 25.8 Å². The summed E-state index contributed by atoms with van der Waals surface area (Å²) in [6.07, 6.45) is -2.62. The van der Waals surface area contributed by atoms with Crippen LogP contribution in [0.25, 0.3) is 0 Å². The van der Waals surface area contributed by atoms with Gasteiger partial charge in [0, 0.05) is 25.2 Å². The van der Waals surface area contributed by atoms with E-state index in [2.05, 4.69) is 20.5 Å². The summed E-state index contributed by atoms with van der Waals surface area (Å²) in [5, 5.41) is 11.6.